The number of carbonyl (C=O) groups is 1. The molecule has 0 radical (unpaired) electrons. The number of ether oxygens (including phenoxy) is 1. The molecule has 4 heterocycles. The van der Waals surface area contributed by atoms with Crippen LogP contribution in [0.4, 0.5) is 0 Å². The topological polar surface area (TPSA) is 92.8 Å². The van der Waals surface area contributed by atoms with Gasteiger partial charge in [0.05, 0.1) is 41.1 Å². The summed E-state index contributed by atoms with van der Waals surface area (Å²) in [6.07, 6.45) is 6.46. The van der Waals surface area contributed by atoms with Crippen molar-refractivity contribution in [3.63, 3.8) is 0 Å². The van der Waals surface area contributed by atoms with Crippen LogP contribution >= 0.6 is 0 Å². The number of piperidine rings is 1. The van der Waals surface area contributed by atoms with Crippen molar-refractivity contribution in [3.05, 3.63) is 66.2 Å². The Labute approximate surface area is 192 Å². The highest BCUT2D eigenvalue weighted by Gasteiger charge is 2.16. The molecule has 0 bridgehead atoms. The molecule has 5 rings (SSSR count). The van der Waals surface area contributed by atoms with Gasteiger partial charge < -0.3 is 15.0 Å². The molecule has 0 amide bonds. The summed E-state index contributed by atoms with van der Waals surface area (Å²) in [5.74, 6) is 0.301. The molecule has 1 aliphatic rings. The predicted molar refractivity (Wildman–Crippen MR) is 128 cm³/mol. The fourth-order valence-corrected chi connectivity index (χ4v) is 4.35. The van der Waals surface area contributed by atoms with Crippen LogP contribution in [0.1, 0.15) is 35.3 Å². The molecule has 2 N–H and O–H groups in total. The molecule has 4 aromatic rings. The van der Waals surface area contributed by atoms with E-state index >= 15 is 0 Å². The van der Waals surface area contributed by atoms with E-state index in [1.807, 2.05) is 49.4 Å². The number of pyridine rings is 2. The molecule has 168 valence electrons. The van der Waals surface area contributed by atoms with Crippen molar-refractivity contribution in [3.8, 4) is 22.6 Å². The fraction of sp³-hybridized carbons (Fsp3) is 0.308. The van der Waals surface area contributed by atoms with E-state index in [9.17, 15) is 4.79 Å². The van der Waals surface area contributed by atoms with Gasteiger partial charge in [-0.2, -0.15) is 0 Å². The van der Waals surface area contributed by atoms with Gasteiger partial charge in [-0.1, -0.05) is 12.1 Å². The smallest absolute Gasteiger partial charge is 0.339 e. The van der Waals surface area contributed by atoms with Gasteiger partial charge in [-0.25, -0.2) is 9.78 Å². The number of aromatic nitrogens is 4. The molecule has 1 aromatic carbocycles. The van der Waals surface area contributed by atoms with Crippen molar-refractivity contribution in [2.45, 2.75) is 26.2 Å². The van der Waals surface area contributed by atoms with Gasteiger partial charge in [-0.05, 0) is 75.5 Å². The van der Waals surface area contributed by atoms with E-state index in [0.717, 1.165) is 71.6 Å². The lowest BCUT2D eigenvalue weighted by atomic mass is 9.95. The van der Waals surface area contributed by atoms with Crippen LogP contribution in [-0.4, -0.2) is 45.6 Å². The van der Waals surface area contributed by atoms with Crippen LogP contribution in [0.15, 0.2) is 55.0 Å². The van der Waals surface area contributed by atoms with Crippen molar-refractivity contribution < 1.29 is 9.53 Å². The van der Waals surface area contributed by atoms with Crippen LogP contribution in [0.25, 0.3) is 33.5 Å². The molecule has 3 aromatic heterocycles. The molecule has 1 fully saturated rings. The standard InChI is InChI=1S/C26H27N5O2/c1-17-3-2-4-23(31-17)25-24(29-16-30-25)19-5-6-22-20(13-19)14-21(15-28-22)26(32)33-12-9-18-7-10-27-11-8-18/h2-6,13-16,18,27H,7-12H2,1H3,(H,29,30). The number of aromatic amines is 1. The molecule has 7 heteroatoms. The normalized spacial score (nSPS) is 14.5. The molecule has 1 aliphatic heterocycles. The number of imidazole rings is 1. The summed E-state index contributed by atoms with van der Waals surface area (Å²) in [5.41, 5.74) is 5.67. The van der Waals surface area contributed by atoms with Crippen LogP contribution in [0, 0.1) is 12.8 Å². The summed E-state index contributed by atoms with van der Waals surface area (Å²) in [7, 11) is 0. The molecule has 0 spiro atoms. The highest BCUT2D eigenvalue weighted by atomic mass is 16.5. The summed E-state index contributed by atoms with van der Waals surface area (Å²) < 4.78 is 5.55. The summed E-state index contributed by atoms with van der Waals surface area (Å²) in [6.45, 7) is 4.51. The average molecular weight is 442 g/mol. The molecular weight excluding hydrogens is 414 g/mol. The minimum atomic E-state index is -0.326. The summed E-state index contributed by atoms with van der Waals surface area (Å²) in [5, 5.41) is 4.23. The van der Waals surface area contributed by atoms with Crippen molar-refractivity contribution >= 4 is 16.9 Å². The average Bonchev–Trinajstić information content (AvgIpc) is 3.34. The van der Waals surface area contributed by atoms with Gasteiger partial charge in [-0.15, -0.1) is 0 Å². The molecule has 0 aliphatic carbocycles. The molecule has 1 saturated heterocycles. The SMILES string of the molecule is Cc1cccc(-c2[nH]cnc2-c2ccc3ncc(C(=O)OCCC4CCNCC4)cc3c2)n1. The molecule has 0 unspecified atom stereocenters. The van der Waals surface area contributed by atoms with Gasteiger partial charge in [0.15, 0.2) is 0 Å². The van der Waals surface area contributed by atoms with Crippen LogP contribution in [0.5, 0.6) is 0 Å². The van der Waals surface area contributed by atoms with Gasteiger partial charge in [-0.3, -0.25) is 9.97 Å². The zero-order valence-corrected chi connectivity index (χ0v) is 18.7. The highest BCUT2D eigenvalue weighted by Crippen LogP contribution is 2.30. The minimum Gasteiger partial charge on any atom is -0.462 e. The first-order chi connectivity index (χ1) is 16.2. The first kappa shape index (κ1) is 21.3. The number of hydrogen-bond acceptors (Lipinski definition) is 6. The van der Waals surface area contributed by atoms with Crippen LogP contribution < -0.4 is 5.32 Å². The number of carbonyl (C=O) groups excluding carboxylic acids is 1. The number of esters is 1. The first-order valence-electron chi connectivity index (χ1n) is 11.4. The second-order valence-electron chi connectivity index (χ2n) is 8.54. The largest absolute Gasteiger partial charge is 0.462 e. The fourth-order valence-electron chi connectivity index (χ4n) is 4.35. The van der Waals surface area contributed by atoms with Crippen molar-refractivity contribution in [1.82, 2.24) is 25.3 Å². The molecule has 33 heavy (non-hydrogen) atoms. The molecule has 7 nitrogen and oxygen atoms in total. The Balaban J connectivity index is 1.35. The minimum absolute atomic E-state index is 0.326. The van der Waals surface area contributed by atoms with Crippen LogP contribution in [-0.2, 0) is 4.74 Å². The van der Waals surface area contributed by atoms with Crippen LogP contribution in [0.3, 0.4) is 0 Å². The Bertz CT molecular complexity index is 1280. The second-order valence-corrected chi connectivity index (χ2v) is 8.54. The third-order valence-electron chi connectivity index (χ3n) is 6.19. The third kappa shape index (κ3) is 4.78. The Morgan fingerprint density at radius 3 is 2.85 bits per heavy atom. The Kier molecular flexibility index (Phi) is 6.13. The van der Waals surface area contributed by atoms with E-state index in [4.69, 9.17) is 4.74 Å². The Hall–Kier alpha value is -3.58. The molecule has 0 saturated carbocycles. The monoisotopic (exact) mass is 441 g/mol. The van der Waals surface area contributed by atoms with Gasteiger partial charge >= 0.3 is 5.97 Å². The van der Waals surface area contributed by atoms with E-state index in [2.05, 4.69) is 25.3 Å². The number of nitrogens with zero attached hydrogens (tertiary/aromatic N) is 3. The van der Waals surface area contributed by atoms with E-state index in [1.54, 1.807) is 12.5 Å². The summed E-state index contributed by atoms with van der Waals surface area (Å²) in [6, 6.07) is 13.7. The maximum atomic E-state index is 12.6. The highest BCUT2D eigenvalue weighted by molar-refractivity contribution is 5.95. The van der Waals surface area contributed by atoms with Crippen molar-refractivity contribution in [2.75, 3.05) is 19.7 Å². The molecular formula is C26H27N5O2. The lowest BCUT2D eigenvalue weighted by molar-refractivity contribution is 0.0476. The van der Waals surface area contributed by atoms with E-state index in [1.165, 1.54) is 0 Å². The number of H-pyrrole nitrogens is 1. The zero-order chi connectivity index (χ0) is 22.6. The summed E-state index contributed by atoms with van der Waals surface area (Å²) in [4.78, 5) is 29.4. The predicted octanol–water partition coefficient (Wildman–Crippen LogP) is 4.54. The maximum Gasteiger partial charge on any atom is 0.339 e. The van der Waals surface area contributed by atoms with Crippen molar-refractivity contribution in [1.29, 1.82) is 0 Å². The zero-order valence-electron chi connectivity index (χ0n) is 18.7. The van der Waals surface area contributed by atoms with Crippen LogP contribution in [0.2, 0.25) is 0 Å². The number of benzene rings is 1. The number of hydrogen-bond donors (Lipinski definition) is 2. The van der Waals surface area contributed by atoms with Gasteiger partial charge in [0.2, 0.25) is 0 Å². The first-order valence-corrected chi connectivity index (χ1v) is 11.4. The quantitative estimate of drug-likeness (QED) is 0.427. The Morgan fingerprint density at radius 1 is 1.12 bits per heavy atom. The van der Waals surface area contributed by atoms with Crippen molar-refractivity contribution in [2.24, 2.45) is 5.92 Å². The van der Waals surface area contributed by atoms with Gasteiger partial charge in [0.1, 0.15) is 0 Å². The van der Waals surface area contributed by atoms with E-state index in [0.29, 0.717) is 18.1 Å². The maximum absolute atomic E-state index is 12.6. The lowest BCUT2D eigenvalue weighted by Crippen LogP contribution is -2.28. The number of nitrogens with one attached hydrogen (secondary N) is 2. The number of rotatable bonds is 6. The number of aryl methyl sites for hydroxylation is 1. The molecule has 0 atom stereocenters. The van der Waals surface area contributed by atoms with Gasteiger partial charge in [0, 0.05) is 22.8 Å². The van der Waals surface area contributed by atoms with E-state index < -0.39 is 0 Å². The van der Waals surface area contributed by atoms with E-state index in [-0.39, 0.29) is 5.97 Å². The Morgan fingerprint density at radius 2 is 2.00 bits per heavy atom. The van der Waals surface area contributed by atoms with Gasteiger partial charge in [0.25, 0.3) is 0 Å². The number of fused-ring (bicyclic) bond motifs is 1. The lowest BCUT2D eigenvalue weighted by Gasteiger charge is -2.22. The second kappa shape index (κ2) is 9.50. The third-order valence-corrected chi connectivity index (χ3v) is 6.19. The summed E-state index contributed by atoms with van der Waals surface area (Å²) >= 11 is 0.